The number of nitrogens with one attached hydrogen (secondary N) is 1. The average Bonchev–Trinajstić information content (AvgIpc) is 3.33. The molecular formula is C24H19N3O2S2. The van der Waals surface area contributed by atoms with Gasteiger partial charge in [-0.3, -0.25) is 9.59 Å². The Morgan fingerprint density at radius 1 is 1.00 bits per heavy atom. The third-order valence-electron chi connectivity index (χ3n) is 5.14. The zero-order valence-electron chi connectivity index (χ0n) is 16.5. The summed E-state index contributed by atoms with van der Waals surface area (Å²) < 4.78 is 1.95. The second-order valence-corrected chi connectivity index (χ2v) is 9.46. The van der Waals surface area contributed by atoms with Crippen molar-refractivity contribution in [2.45, 2.75) is 16.9 Å². The lowest BCUT2D eigenvalue weighted by Crippen LogP contribution is -2.38. The van der Waals surface area contributed by atoms with Crippen LogP contribution in [-0.4, -0.2) is 22.6 Å². The van der Waals surface area contributed by atoms with Gasteiger partial charge in [-0.15, -0.1) is 11.3 Å². The number of nitrogens with zero attached hydrogens (tertiary/aromatic N) is 2. The van der Waals surface area contributed by atoms with Gasteiger partial charge >= 0.3 is 0 Å². The van der Waals surface area contributed by atoms with Crippen LogP contribution in [-0.2, 0) is 16.1 Å². The smallest absolute Gasteiger partial charge is 0.254 e. The largest absolute Gasteiger partial charge is 0.340 e. The summed E-state index contributed by atoms with van der Waals surface area (Å²) in [5.41, 5.74) is 3.66. The van der Waals surface area contributed by atoms with Crippen molar-refractivity contribution in [2.75, 3.05) is 10.7 Å². The maximum Gasteiger partial charge on any atom is 0.254 e. The molecule has 0 saturated carbocycles. The first-order chi connectivity index (χ1) is 15.2. The molecular weight excluding hydrogens is 426 g/mol. The fourth-order valence-electron chi connectivity index (χ4n) is 3.70. The monoisotopic (exact) mass is 445 g/mol. The molecule has 154 valence electrons. The molecule has 7 heteroatoms. The molecule has 5 rings (SSSR count). The van der Waals surface area contributed by atoms with Gasteiger partial charge in [-0.25, -0.2) is 4.98 Å². The average molecular weight is 446 g/mol. The minimum absolute atomic E-state index is 0.108. The van der Waals surface area contributed by atoms with E-state index in [0.717, 1.165) is 31.4 Å². The van der Waals surface area contributed by atoms with Crippen LogP contribution in [0.3, 0.4) is 0 Å². The highest BCUT2D eigenvalue weighted by atomic mass is 32.2. The van der Waals surface area contributed by atoms with E-state index >= 15 is 0 Å². The van der Waals surface area contributed by atoms with E-state index in [9.17, 15) is 9.59 Å². The number of para-hydroxylation sites is 2. The van der Waals surface area contributed by atoms with E-state index < -0.39 is 6.04 Å². The van der Waals surface area contributed by atoms with Gasteiger partial charge in [0.25, 0.3) is 5.91 Å². The number of rotatable bonds is 6. The molecule has 0 bridgehead atoms. The number of amides is 2. The topological polar surface area (TPSA) is 62.3 Å². The molecule has 1 aromatic heterocycles. The van der Waals surface area contributed by atoms with Crippen molar-refractivity contribution >= 4 is 50.8 Å². The number of thiazole rings is 1. The number of hydrogen-bond donors (Lipinski definition) is 1. The van der Waals surface area contributed by atoms with Crippen molar-refractivity contribution in [1.29, 1.82) is 0 Å². The maximum atomic E-state index is 13.2. The summed E-state index contributed by atoms with van der Waals surface area (Å²) in [6.45, 7) is 0.476. The number of benzene rings is 3. The normalized spacial score (nSPS) is 15.3. The molecule has 1 N–H and O–H groups in total. The summed E-state index contributed by atoms with van der Waals surface area (Å²) in [7, 11) is 0. The number of anilines is 1. The van der Waals surface area contributed by atoms with Gasteiger partial charge in [0.15, 0.2) is 4.34 Å². The highest BCUT2D eigenvalue weighted by Crippen LogP contribution is 2.37. The van der Waals surface area contributed by atoms with Gasteiger partial charge < -0.3 is 10.2 Å². The van der Waals surface area contributed by atoms with Crippen LogP contribution in [0.2, 0.25) is 0 Å². The van der Waals surface area contributed by atoms with Gasteiger partial charge in [-0.05, 0) is 23.8 Å². The van der Waals surface area contributed by atoms with Gasteiger partial charge in [-0.2, -0.15) is 0 Å². The molecule has 1 atom stereocenters. The standard InChI is InChI=1S/C24H19N3O2S2/c28-21(15-30-24-25-18-11-5-7-13-20(18)31-24)26-22-17-10-4-6-12-19(17)27(23(22)29)14-16-8-2-1-3-9-16/h1-13,22H,14-15H2,(H,26,28). The van der Waals surface area contributed by atoms with Crippen molar-refractivity contribution in [2.24, 2.45) is 0 Å². The van der Waals surface area contributed by atoms with Crippen LogP contribution in [0.1, 0.15) is 17.2 Å². The van der Waals surface area contributed by atoms with Gasteiger partial charge in [0.1, 0.15) is 6.04 Å². The molecule has 1 aliphatic heterocycles. The zero-order chi connectivity index (χ0) is 21.2. The fraction of sp³-hybridized carbons (Fsp3) is 0.125. The molecule has 4 aromatic rings. The van der Waals surface area contributed by atoms with E-state index in [0.29, 0.717) is 6.54 Å². The summed E-state index contributed by atoms with van der Waals surface area (Å²) in [6.07, 6.45) is 0. The van der Waals surface area contributed by atoms with Gasteiger partial charge in [0, 0.05) is 11.3 Å². The third-order valence-corrected chi connectivity index (χ3v) is 7.32. The Morgan fingerprint density at radius 3 is 2.58 bits per heavy atom. The van der Waals surface area contributed by atoms with E-state index in [4.69, 9.17) is 0 Å². The van der Waals surface area contributed by atoms with E-state index in [1.54, 1.807) is 16.2 Å². The first-order valence-corrected chi connectivity index (χ1v) is 11.7. The van der Waals surface area contributed by atoms with E-state index in [1.165, 1.54) is 11.8 Å². The van der Waals surface area contributed by atoms with Crippen molar-refractivity contribution in [3.63, 3.8) is 0 Å². The number of carbonyl (C=O) groups excluding carboxylic acids is 2. The highest BCUT2D eigenvalue weighted by molar-refractivity contribution is 8.01. The van der Waals surface area contributed by atoms with Crippen LogP contribution in [0, 0.1) is 0 Å². The Bertz CT molecular complexity index is 1220. The number of hydrogen-bond acceptors (Lipinski definition) is 5. The lowest BCUT2D eigenvalue weighted by Gasteiger charge is -2.18. The summed E-state index contributed by atoms with van der Waals surface area (Å²) in [4.78, 5) is 32.2. The highest BCUT2D eigenvalue weighted by Gasteiger charge is 2.37. The van der Waals surface area contributed by atoms with Crippen molar-refractivity contribution in [3.8, 4) is 0 Å². The van der Waals surface area contributed by atoms with Crippen LogP contribution in [0.4, 0.5) is 5.69 Å². The first kappa shape index (κ1) is 19.8. The Labute approximate surface area is 188 Å². The second kappa shape index (κ2) is 8.53. The lowest BCUT2D eigenvalue weighted by atomic mass is 10.1. The molecule has 1 aliphatic rings. The summed E-state index contributed by atoms with van der Waals surface area (Å²) in [5.74, 6) is -0.0767. The van der Waals surface area contributed by atoms with E-state index in [-0.39, 0.29) is 17.6 Å². The van der Waals surface area contributed by atoms with Crippen molar-refractivity contribution < 1.29 is 9.59 Å². The molecule has 2 heterocycles. The summed E-state index contributed by atoms with van der Waals surface area (Å²) in [6, 6.07) is 24.8. The van der Waals surface area contributed by atoms with Crippen LogP contribution in [0.15, 0.2) is 83.2 Å². The quantitative estimate of drug-likeness (QED) is 0.434. The minimum Gasteiger partial charge on any atom is -0.340 e. The molecule has 31 heavy (non-hydrogen) atoms. The predicted molar refractivity (Wildman–Crippen MR) is 125 cm³/mol. The van der Waals surface area contributed by atoms with Crippen LogP contribution in [0.25, 0.3) is 10.2 Å². The van der Waals surface area contributed by atoms with Gasteiger partial charge in [0.05, 0.1) is 22.5 Å². The fourth-order valence-corrected chi connectivity index (χ4v) is 5.58. The number of thioether (sulfide) groups is 1. The zero-order valence-corrected chi connectivity index (χ0v) is 18.2. The number of carbonyl (C=O) groups is 2. The molecule has 3 aromatic carbocycles. The maximum absolute atomic E-state index is 13.2. The Balaban J connectivity index is 1.29. The summed E-state index contributed by atoms with van der Waals surface area (Å²) >= 11 is 2.96. The molecule has 0 saturated heterocycles. The van der Waals surface area contributed by atoms with E-state index in [1.807, 2.05) is 78.9 Å². The minimum atomic E-state index is -0.664. The first-order valence-electron chi connectivity index (χ1n) is 9.91. The Morgan fingerprint density at radius 2 is 1.74 bits per heavy atom. The third kappa shape index (κ3) is 4.06. The van der Waals surface area contributed by atoms with Crippen LogP contribution >= 0.6 is 23.1 Å². The molecule has 2 amide bonds. The van der Waals surface area contributed by atoms with Crippen LogP contribution in [0.5, 0.6) is 0 Å². The Kier molecular flexibility index (Phi) is 5.44. The summed E-state index contributed by atoms with van der Waals surface area (Å²) in [5, 5.41) is 2.93. The van der Waals surface area contributed by atoms with Crippen molar-refractivity contribution in [1.82, 2.24) is 10.3 Å². The molecule has 1 unspecified atom stereocenters. The van der Waals surface area contributed by atoms with Gasteiger partial charge in [0.2, 0.25) is 5.91 Å². The molecule has 0 fully saturated rings. The lowest BCUT2D eigenvalue weighted by molar-refractivity contribution is -0.125. The Hall–Kier alpha value is -3.16. The number of aromatic nitrogens is 1. The van der Waals surface area contributed by atoms with Crippen LogP contribution < -0.4 is 10.2 Å². The predicted octanol–water partition coefficient (Wildman–Crippen LogP) is 4.79. The molecule has 0 aliphatic carbocycles. The molecule has 0 spiro atoms. The van der Waals surface area contributed by atoms with Crippen molar-refractivity contribution in [3.05, 3.63) is 90.0 Å². The molecule has 5 nitrogen and oxygen atoms in total. The SMILES string of the molecule is O=C(CSc1nc2ccccc2s1)NC1C(=O)N(Cc2ccccc2)c2ccccc21. The second-order valence-electron chi connectivity index (χ2n) is 7.21. The molecule has 0 radical (unpaired) electrons. The number of fused-ring (bicyclic) bond motifs is 2. The van der Waals surface area contributed by atoms with Gasteiger partial charge in [-0.1, -0.05) is 72.4 Å². The van der Waals surface area contributed by atoms with E-state index in [2.05, 4.69) is 10.3 Å².